The number of amides is 1. The molecule has 1 saturated carbocycles. The van der Waals surface area contributed by atoms with Crippen LogP contribution in [0.4, 0.5) is 13.2 Å². The van der Waals surface area contributed by atoms with Crippen LogP contribution in [-0.4, -0.2) is 34.5 Å². The highest BCUT2D eigenvalue weighted by atomic mass is 19.4. The molecule has 1 aromatic heterocycles. The van der Waals surface area contributed by atoms with Gasteiger partial charge in [0.25, 0.3) is 5.91 Å². The lowest BCUT2D eigenvalue weighted by Crippen LogP contribution is -2.48. The van der Waals surface area contributed by atoms with Crippen LogP contribution in [0.3, 0.4) is 0 Å². The molecule has 2 rings (SSSR count). The third kappa shape index (κ3) is 3.96. The molecule has 21 heavy (non-hydrogen) atoms. The fourth-order valence-corrected chi connectivity index (χ4v) is 2.58. The molecule has 0 spiro atoms. The quantitative estimate of drug-likeness (QED) is 0.897. The van der Waals surface area contributed by atoms with E-state index in [4.69, 9.17) is 4.52 Å². The summed E-state index contributed by atoms with van der Waals surface area (Å²) >= 11 is 0. The smallest absolute Gasteiger partial charge is 0.388 e. The van der Waals surface area contributed by atoms with Crippen LogP contribution in [0.15, 0.2) is 10.6 Å². The van der Waals surface area contributed by atoms with E-state index in [0.29, 0.717) is 5.69 Å². The number of halogens is 3. The second kappa shape index (κ2) is 5.67. The van der Waals surface area contributed by atoms with Gasteiger partial charge in [0, 0.05) is 12.6 Å². The zero-order valence-corrected chi connectivity index (χ0v) is 11.5. The van der Waals surface area contributed by atoms with Gasteiger partial charge in [-0.05, 0) is 32.6 Å². The standard InChI is InChI=1S/C13H17F3N2O3/c1-8-5-10(21-18-8)11(19)17-7-12(20)4-2-3-9(6-12)13(14,15)16/h5,9,20H,2-4,6-7H2,1H3,(H,17,19)/t9-,12-/m0/s1. The minimum absolute atomic E-state index is 0.0149. The summed E-state index contributed by atoms with van der Waals surface area (Å²) in [6, 6.07) is 1.42. The maximum absolute atomic E-state index is 12.7. The molecular weight excluding hydrogens is 289 g/mol. The van der Waals surface area contributed by atoms with Crippen LogP contribution >= 0.6 is 0 Å². The summed E-state index contributed by atoms with van der Waals surface area (Å²) in [7, 11) is 0. The van der Waals surface area contributed by atoms with Crippen molar-refractivity contribution in [1.82, 2.24) is 10.5 Å². The Kier molecular flexibility index (Phi) is 4.27. The number of aromatic nitrogens is 1. The SMILES string of the molecule is Cc1cc(C(=O)NC[C@]2(O)CCC[C@H](C(F)(F)F)C2)on1. The molecule has 5 nitrogen and oxygen atoms in total. The third-order valence-corrected chi connectivity index (χ3v) is 3.71. The van der Waals surface area contributed by atoms with Crippen LogP contribution in [0.1, 0.15) is 41.9 Å². The predicted octanol–water partition coefficient (Wildman–Crippen LogP) is 2.20. The first-order chi connectivity index (χ1) is 9.70. The van der Waals surface area contributed by atoms with Crippen LogP contribution in [0.25, 0.3) is 0 Å². The number of carbonyl (C=O) groups excluding carboxylic acids is 1. The third-order valence-electron chi connectivity index (χ3n) is 3.71. The van der Waals surface area contributed by atoms with Crippen molar-refractivity contribution in [2.75, 3.05) is 6.54 Å². The van der Waals surface area contributed by atoms with Crippen LogP contribution in [0.2, 0.25) is 0 Å². The number of nitrogens with one attached hydrogen (secondary N) is 1. The average Bonchev–Trinajstić information content (AvgIpc) is 2.82. The van der Waals surface area contributed by atoms with Gasteiger partial charge in [0.2, 0.25) is 5.76 Å². The lowest BCUT2D eigenvalue weighted by atomic mass is 9.77. The van der Waals surface area contributed by atoms with Crippen molar-refractivity contribution in [3.63, 3.8) is 0 Å². The molecule has 8 heteroatoms. The van der Waals surface area contributed by atoms with Gasteiger partial charge < -0.3 is 14.9 Å². The van der Waals surface area contributed by atoms with E-state index in [1.165, 1.54) is 6.07 Å². The predicted molar refractivity (Wildman–Crippen MR) is 66.5 cm³/mol. The monoisotopic (exact) mass is 306 g/mol. The molecule has 1 aromatic rings. The van der Waals surface area contributed by atoms with Crippen molar-refractivity contribution in [2.45, 2.75) is 44.4 Å². The Morgan fingerprint density at radius 3 is 2.90 bits per heavy atom. The van der Waals surface area contributed by atoms with E-state index >= 15 is 0 Å². The van der Waals surface area contributed by atoms with Gasteiger partial charge in [-0.1, -0.05) is 5.16 Å². The van der Waals surface area contributed by atoms with E-state index < -0.39 is 30.0 Å². The fraction of sp³-hybridized carbons (Fsp3) is 0.692. The molecule has 118 valence electrons. The van der Waals surface area contributed by atoms with E-state index in [-0.39, 0.29) is 31.6 Å². The lowest BCUT2D eigenvalue weighted by molar-refractivity contribution is -0.199. The number of aryl methyl sites for hydroxylation is 1. The van der Waals surface area contributed by atoms with Gasteiger partial charge >= 0.3 is 6.18 Å². The summed E-state index contributed by atoms with van der Waals surface area (Å²) in [5.74, 6) is -2.15. The van der Waals surface area contributed by atoms with Crippen molar-refractivity contribution >= 4 is 5.91 Å². The zero-order chi connectivity index (χ0) is 15.7. The van der Waals surface area contributed by atoms with Gasteiger partial charge in [-0.15, -0.1) is 0 Å². The molecule has 2 atom stereocenters. The van der Waals surface area contributed by atoms with Gasteiger partial charge in [-0.3, -0.25) is 4.79 Å². The van der Waals surface area contributed by atoms with Crippen LogP contribution in [0.5, 0.6) is 0 Å². The normalized spacial score (nSPS) is 26.6. The Morgan fingerprint density at radius 1 is 1.62 bits per heavy atom. The molecule has 1 aliphatic rings. The molecule has 1 fully saturated rings. The topological polar surface area (TPSA) is 75.4 Å². The summed E-state index contributed by atoms with van der Waals surface area (Å²) in [5, 5.41) is 16.2. The number of rotatable bonds is 3. The first kappa shape index (κ1) is 15.8. The van der Waals surface area contributed by atoms with E-state index in [1.807, 2.05) is 0 Å². The number of hydrogen-bond donors (Lipinski definition) is 2. The van der Waals surface area contributed by atoms with Crippen molar-refractivity contribution in [2.24, 2.45) is 5.92 Å². The maximum atomic E-state index is 12.7. The first-order valence-electron chi connectivity index (χ1n) is 6.70. The Labute approximate surface area is 119 Å². The summed E-state index contributed by atoms with van der Waals surface area (Å²) in [6.45, 7) is 1.40. The Bertz CT molecular complexity index is 515. The van der Waals surface area contributed by atoms with Crippen LogP contribution < -0.4 is 5.32 Å². The Balaban J connectivity index is 1.93. The summed E-state index contributed by atoms with van der Waals surface area (Å²) in [5.41, 5.74) is -1.02. The summed E-state index contributed by atoms with van der Waals surface area (Å²) in [6.07, 6.45) is -4.19. The van der Waals surface area contributed by atoms with Crippen molar-refractivity contribution < 1.29 is 27.6 Å². The minimum Gasteiger partial charge on any atom is -0.388 e. The molecule has 0 unspecified atom stereocenters. The number of nitrogens with zero attached hydrogens (tertiary/aromatic N) is 1. The Morgan fingerprint density at radius 2 is 2.33 bits per heavy atom. The molecular formula is C13H17F3N2O3. The molecule has 2 N–H and O–H groups in total. The number of hydrogen-bond acceptors (Lipinski definition) is 4. The molecule has 1 heterocycles. The largest absolute Gasteiger partial charge is 0.391 e. The molecule has 1 aliphatic carbocycles. The van der Waals surface area contributed by atoms with Gasteiger partial charge in [0.05, 0.1) is 17.2 Å². The van der Waals surface area contributed by atoms with Crippen molar-refractivity contribution in [3.8, 4) is 0 Å². The molecule has 0 aromatic carbocycles. The van der Waals surface area contributed by atoms with Gasteiger partial charge in [0.15, 0.2) is 0 Å². The molecule has 0 radical (unpaired) electrons. The second-order valence-electron chi connectivity index (χ2n) is 5.57. The maximum Gasteiger partial charge on any atom is 0.391 e. The van der Waals surface area contributed by atoms with Crippen LogP contribution in [-0.2, 0) is 0 Å². The van der Waals surface area contributed by atoms with Gasteiger partial charge in [-0.25, -0.2) is 0 Å². The number of aliphatic hydroxyl groups is 1. The van der Waals surface area contributed by atoms with Gasteiger partial charge in [0.1, 0.15) is 0 Å². The first-order valence-corrected chi connectivity index (χ1v) is 6.70. The second-order valence-corrected chi connectivity index (χ2v) is 5.57. The van der Waals surface area contributed by atoms with E-state index in [1.54, 1.807) is 6.92 Å². The highest BCUT2D eigenvalue weighted by Crippen LogP contribution is 2.41. The van der Waals surface area contributed by atoms with Gasteiger partial charge in [-0.2, -0.15) is 13.2 Å². The lowest BCUT2D eigenvalue weighted by Gasteiger charge is -2.37. The Hall–Kier alpha value is -1.57. The number of carbonyl (C=O) groups is 1. The molecule has 0 aliphatic heterocycles. The molecule has 0 bridgehead atoms. The van der Waals surface area contributed by atoms with E-state index in [9.17, 15) is 23.1 Å². The zero-order valence-electron chi connectivity index (χ0n) is 11.5. The molecule has 1 amide bonds. The summed E-state index contributed by atoms with van der Waals surface area (Å²) < 4.78 is 42.9. The highest BCUT2D eigenvalue weighted by Gasteiger charge is 2.47. The summed E-state index contributed by atoms with van der Waals surface area (Å²) in [4.78, 5) is 11.7. The number of alkyl halides is 3. The minimum atomic E-state index is -4.32. The van der Waals surface area contributed by atoms with Crippen molar-refractivity contribution in [1.29, 1.82) is 0 Å². The highest BCUT2D eigenvalue weighted by molar-refractivity contribution is 5.91. The van der Waals surface area contributed by atoms with Crippen molar-refractivity contribution in [3.05, 3.63) is 17.5 Å². The fourth-order valence-electron chi connectivity index (χ4n) is 2.58. The van der Waals surface area contributed by atoms with Crippen LogP contribution in [0, 0.1) is 12.8 Å². The average molecular weight is 306 g/mol. The molecule has 0 saturated heterocycles. The van der Waals surface area contributed by atoms with E-state index in [0.717, 1.165) is 0 Å². The van der Waals surface area contributed by atoms with E-state index in [2.05, 4.69) is 10.5 Å².